The van der Waals surface area contributed by atoms with E-state index in [0.29, 0.717) is 13.1 Å². The SMILES string of the molecule is CCCn1c(=O)n(CCC(=O)O[C@H](C)C(=O)NCC)c2ccccc21. The number of carbonyl (C=O) groups excluding carboxylic acids is 2. The first-order valence-electron chi connectivity index (χ1n) is 8.64. The highest BCUT2D eigenvalue weighted by Crippen LogP contribution is 2.13. The first-order chi connectivity index (χ1) is 12.0. The molecule has 7 nitrogen and oxygen atoms in total. The lowest BCUT2D eigenvalue weighted by Crippen LogP contribution is -2.36. The van der Waals surface area contributed by atoms with E-state index in [1.54, 1.807) is 16.1 Å². The third-order valence-electron chi connectivity index (χ3n) is 3.94. The van der Waals surface area contributed by atoms with Crippen LogP contribution in [-0.4, -0.2) is 33.7 Å². The fourth-order valence-electron chi connectivity index (χ4n) is 2.76. The maximum atomic E-state index is 12.6. The topological polar surface area (TPSA) is 82.3 Å². The molecule has 1 heterocycles. The molecule has 0 aliphatic heterocycles. The Morgan fingerprint density at radius 3 is 2.28 bits per heavy atom. The molecule has 1 N–H and O–H groups in total. The van der Waals surface area contributed by atoms with Crippen LogP contribution in [0.3, 0.4) is 0 Å². The Morgan fingerprint density at radius 1 is 1.12 bits per heavy atom. The molecule has 0 aliphatic rings. The summed E-state index contributed by atoms with van der Waals surface area (Å²) in [5, 5.41) is 2.60. The smallest absolute Gasteiger partial charge is 0.329 e. The normalized spacial score (nSPS) is 12.1. The molecule has 0 fully saturated rings. The minimum atomic E-state index is -0.842. The van der Waals surface area contributed by atoms with E-state index in [9.17, 15) is 14.4 Å². The molecule has 2 rings (SSSR count). The maximum absolute atomic E-state index is 12.6. The van der Waals surface area contributed by atoms with E-state index in [1.807, 2.05) is 31.2 Å². The number of para-hydroxylation sites is 2. The first-order valence-corrected chi connectivity index (χ1v) is 8.64. The molecule has 1 aromatic heterocycles. The predicted molar refractivity (Wildman–Crippen MR) is 95.3 cm³/mol. The Balaban J connectivity index is 2.11. The van der Waals surface area contributed by atoms with Crippen molar-refractivity contribution < 1.29 is 14.3 Å². The molecular weight excluding hydrogens is 322 g/mol. The van der Waals surface area contributed by atoms with Crippen LogP contribution in [0.4, 0.5) is 0 Å². The van der Waals surface area contributed by atoms with Crippen molar-refractivity contribution in [1.82, 2.24) is 14.5 Å². The molecule has 1 aromatic carbocycles. The van der Waals surface area contributed by atoms with Crippen molar-refractivity contribution in [1.29, 1.82) is 0 Å². The standard InChI is InChI=1S/C18H25N3O4/c1-4-11-20-14-8-6-7-9-15(14)21(18(20)24)12-10-16(22)25-13(3)17(23)19-5-2/h6-9,13H,4-5,10-12H2,1-3H3,(H,19,23)/t13-/m1/s1. The molecule has 136 valence electrons. The van der Waals surface area contributed by atoms with Crippen molar-refractivity contribution in [2.75, 3.05) is 6.54 Å². The lowest BCUT2D eigenvalue weighted by molar-refractivity contribution is -0.155. The quantitative estimate of drug-likeness (QED) is 0.737. The Hall–Kier alpha value is -2.57. The van der Waals surface area contributed by atoms with E-state index >= 15 is 0 Å². The molecule has 0 radical (unpaired) electrons. The number of rotatable bonds is 8. The van der Waals surface area contributed by atoms with Gasteiger partial charge in [-0.05, 0) is 32.4 Å². The second-order valence-electron chi connectivity index (χ2n) is 5.85. The van der Waals surface area contributed by atoms with Gasteiger partial charge in [0.05, 0.1) is 17.5 Å². The van der Waals surface area contributed by atoms with Crippen LogP contribution in [0, 0.1) is 0 Å². The van der Waals surface area contributed by atoms with Gasteiger partial charge in [-0.15, -0.1) is 0 Å². The lowest BCUT2D eigenvalue weighted by atomic mass is 10.3. The second-order valence-corrected chi connectivity index (χ2v) is 5.85. The highest BCUT2D eigenvalue weighted by molar-refractivity contribution is 5.83. The average molecular weight is 347 g/mol. The van der Waals surface area contributed by atoms with Gasteiger partial charge in [-0.2, -0.15) is 0 Å². The molecule has 25 heavy (non-hydrogen) atoms. The summed E-state index contributed by atoms with van der Waals surface area (Å²) in [6.07, 6.45) is 0.0367. The van der Waals surface area contributed by atoms with E-state index < -0.39 is 12.1 Å². The van der Waals surface area contributed by atoms with E-state index in [0.717, 1.165) is 17.5 Å². The summed E-state index contributed by atoms with van der Waals surface area (Å²) >= 11 is 0. The summed E-state index contributed by atoms with van der Waals surface area (Å²) in [7, 11) is 0. The minimum Gasteiger partial charge on any atom is -0.452 e. The van der Waals surface area contributed by atoms with Gasteiger partial charge >= 0.3 is 11.7 Å². The van der Waals surface area contributed by atoms with Crippen LogP contribution in [0.1, 0.15) is 33.6 Å². The predicted octanol–water partition coefficient (Wildman–Crippen LogP) is 1.67. The molecule has 0 saturated heterocycles. The Morgan fingerprint density at radius 2 is 1.72 bits per heavy atom. The van der Waals surface area contributed by atoms with E-state index in [4.69, 9.17) is 4.74 Å². The number of amides is 1. The number of hydrogen-bond acceptors (Lipinski definition) is 4. The molecule has 1 atom stereocenters. The van der Waals surface area contributed by atoms with E-state index in [-0.39, 0.29) is 24.6 Å². The van der Waals surface area contributed by atoms with Gasteiger partial charge in [-0.3, -0.25) is 18.7 Å². The van der Waals surface area contributed by atoms with Gasteiger partial charge in [0.1, 0.15) is 0 Å². The number of imidazole rings is 1. The zero-order valence-electron chi connectivity index (χ0n) is 14.9. The van der Waals surface area contributed by atoms with Crippen LogP contribution >= 0.6 is 0 Å². The van der Waals surface area contributed by atoms with Crippen LogP contribution in [0.2, 0.25) is 0 Å². The molecule has 0 saturated carbocycles. The fourth-order valence-corrected chi connectivity index (χ4v) is 2.76. The molecule has 0 spiro atoms. The molecule has 2 aromatic rings. The van der Waals surface area contributed by atoms with Crippen molar-refractivity contribution in [3.05, 3.63) is 34.7 Å². The zero-order chi connectivity index (χ0) is 18.4. The monoisotopic (exact) mass is 347 g/mol. The van der Waals surface area contributed by atoms with Crippen molar-refractivity contribution in [2.24, 2.45) is 0 Å². The number of hydrogen-bond donors (Lipinski definition) is 1. The number of aromatic nitrogens is 2. The lowest BCUT2D eigenvalue weighted by Gasteiger charge is -2.12. The summed E-state index contributed by atoms with van der Waals surface area (Å²) in [4.78, 5) is 36.2. The minimum absolute atomic E-state index is 0.0315. The van der Waals surface area contributed by atoms with Crippen molar-refractivity contribution in [3.63, 3.8) is 0 Å². The number of carbonyl (C=O) groups is 2. The van der Waals surface area contributed by atoms with Crippen LogP contribution in [0.25, 0.3) is 11.0 Å². The van der Waals surface area contributed by atoms with Crippen LogP contribution in [0.15, 0.2) is 29.1 Å². The van der Waals surface area contributed by atoms with Gasteiger partial charge in [0.15, 0.2) is 6.10 Å². The summed E-state index contributed by atoms with van der Waals surface area (Å²) in [5.41, 5.74) is 1.52. The van der Waals surface area contributed by atoms with Crippen LogP contribution < -0.4 is 11.0 Å². The van der Waals surface area contributed by atoms with E-state index in [1.165, 1.54) is 6.92 Å². The number of aryl methyl sites for hydroxylation is 2. The largest absolute Gasteiger partial charge is 0.452 e. The Bertz CT molecular complexity index is 806. The van der Waals surface area contributed by atoms with Gasteiger partial charge in [-0.25, -0.2) is 4.79 Å². The van der Waals surface area contributed by atoms with Crippen molar-refractivity contribution >= 4 is 22.9 Å². The maximum Gasteiger partial charge on any atom is 0.329 e. The number of nitrogens with zero attached hydrogens (tertiary/aromatic N) is 2. The van der Waals surface area contributed by atoms with Crippen molar-refractivity contribution in [3.8, 4) is 0 Å². The molecule has 0 aliphatic carbocycles. The molecular formula is C18H25N3O4. The van der Waals surface area contributed by atoms with Gasteiger partial charge in [0.25, 0.3) is 5.91 Å². The van der Waals surface area contributed by atoms with Gasteiger partial charge in [0, 0.05) is 19.6 Å². The van der Waals surface area contributed by atoms with Gasteiger partial charge < -0.3 is 10.1 Å². The van der Waals surface area contributed by atoms with Gasteiger partial charge in [0.2, 0.25) is 0 Å². The summed E-state index contributed by atoms with van der Waals surface area (Å²) in [6, 6.07) is 7.52. The first kappa shape index (κ1) is 18.8. The van der Waals surface area contributed by atoms with Crippen LogP contribution in [-0.2, 0) is 27.4 Å². The number of fused-ring (bicyclic) bond motifs is 1. The molecule has 7 heteroatoms. The molecule has 0 unspecified atom stereocenters. The highest BCUT2D eigenvalue weighted by atomic mass is 16.5. The van der Waals surface area contributed by atoms with Crippen LogP contribution in [0.5, 0.6) is 0 Å². The molecule has 1 amide bonds. The summed E-state index contributed by atoms with van der Waals surface area (Å²) in [6.45, 7) is 6.67. The second kappa shape index (κ2) is 8.50. The third-order valence-corrected chi connectivity index (χ3v) is 3.94. The van der Waals surface area contributed by atoms with Gasteiger partial charge in [-0.1, -0.05) is 19.1 Å². The number of benzene rings is 1. The highest BCUT2D eigenvalue weighted by Gasteiger charge is 2.18. The average Bonchev–Trinajstić information content (AvgIpc) is 2.85. The van der Waals surface area contributed by atoms with Crippen molar-refractivity contribution in [2.45, 2.75) is 52.8 Å². The fraction of sp³-hybridized carbons (Fsp3) is 0.500. The Kier molecular flexibility index (Phi) is 6.38. The third kappa shape index (κ3) is 4.29. The zero-order valence-corrected chi connectivity index (χ0v) is 14.9. The molecule has 0 bridgehead atoms. The van der Waals surface area contributed by atoms with E-state index in [2.05, 4.69) is 5.32 Å². The summed E-state index contributed by atoms with van der Waals surface area (Å²) < 4.78 is 8.43. The number of nitrogens with one attached hydrogen (secondary N) is 1. The summed E-state index contributed by atoms with van der Waals surface area (Å²) in [5.74, 6) is -0.828. The number of ether oxygens (including phenoxy) is 1. The number of likely N-dealkylation sites (N-methyl/N-ethyl adjacent to an activating group) is 1. The Labute approximate surface area is 146 Å². The number of esters is 1.